The third kappa shape index (κ3) is 2.93. The fraction of sp³-hybridized carbons (Fsp3) is 0.176. The summed E-state index contributed by atoms with van der Waals surface area (Å²) in [5.41, 5.74) is 2.33. The minimum absolute atomic E-state index is 0.285. The van der Waals surface area contributed by atoms with Gasteiger partial charge in [-0.3, -0.25) is 9.20 Å². The molecule has 2 N–H and O–H groups in total. The fourth-order valence-electron chi connectivity index (χ4n) is 2.54. The maximum Gasteiger partial charge on any atom is 0.270 e. The number of aliphatic hydroxyl groups excluding tert-OH is 1. The quantitative estimate of drug-likeness (QED) is 0.776. The first-order valence-electron chi connectivity index (χ1n) is 7.21. The van der Waals surface area contributed by atoms with Gasteiger partial charge in [0.05, 0.1) is 18.3 Å². The molecule has 0 fully saturated rings. The summed E-state index contributed by atoms with van der Waals surface area (Å²) < 4.78 is 14.7. The summed E-state index contributed by atoms with van der Waals surface area (Å²) in [5.74, 6) is -0.709. The van der Waals surface area contributed by atoms with Crippen molar-refractivity contribution in [3.8, 4) is 0 Å². The third-order valence-corrected chi connectivity index (χ3v) is 3.68. The van der Waals surface area contributed by atoms with Crippen LogP contribution in [0.5, 0.6) is 0 Å². The van der Waals surface area contributed by atoms with E-state index in [0.717, 1.165) is 0 Å². The van der Waals surface area contributed by atoms with Gasteiger partial charge in [0, 0.05) is 6.20 Å². The summed E-state index contributed by atoms with van der Waals surface area (Å²) in [4.78, 5) is 16.9. The third-order valence-electron chi connectivity index (χ3n) is 3.68. The minimum atomic E-state index is -0.614. The highest BCUT2D eigenvalue weighted by atomic mass is 19.1. The van der Waals surface area contributed by atoms with Gasteiger partial charge in [-0.1, -0.05) is 18.2 Å². The Hall–Kier alpha value is -2.73. The van der Waals surface area contributed by atoms with E-state index in [9.17, 15) is 14.3 Å². The molecule has 0 aliphatic heterocycles. The summed E-state index contributed by atoms with van der Waals surface area (Å²) in [7, 11) is 0. The molecule has 1 aromatic carbocycles. The Morgan fingerprint density at radius 3 is 2.74 bits per heavy atom. The average molecular weight is 313 g/mol. The highest BCUT2D eigenvalue weighted by Crippen LogP contribution is 2.16. The number of rotatable bonds is 4. The van der Waals surface area contributed by atoms with Crippen LogP contribution in [-0.2, 0) is 0 Å². The van der Waals surface area contributed by atoms with Crippen LogP contribution in [-0.4, -0.2) is 27.0 Å². The number of benzene rings is 1. The van der Waals surface area contributed by atoms with E-state index < -0.39 is 6.04 Å². The van der Waals surface area contributed by atoms with Crippen LogP contribution in [0.2, 0.25) is 0 Å². The van der Waals surface area contributed by atoms with Crippen molar-refractivity contribution in [2.24, 2.45) is 0 Å². The van der Waals surface area contributed by atoms with Crippen LogP contribution in [0.3, 0.4) is 0 Å². The van der Waals surface area contributed by atoms with E-state index in [4.69, 9.17) is 0 Å². The largest absolute Gasteiger partial charge is 0.394 e. The summed E-state index contributed by atoms with van der Waals surface area (Å²) in [6, 6.07) is 10.5. The number of hydrogen-bond acceptors (Lipinski definition) is 3. The monoisotopic (exact) mass is 313 g/mol. The van der Waals surface area contributed by atoms with Crippen molar-refractivity contribution in [3.05, 3.63) is 71.4 Å². The van der Waals surface area contributed by atoms with Crippen molar-refractivity contribution in [3.63, 3.8) is 0 Å². The lowest BCUT2D eigenvalue weighted by molar-refractivity contribution is 0.0909. The van der Waals surface area contributed by atoms with Crippen molar-refractivity contribution in [2.75, 3.05) is 6.61 Å². The maximum atomic E-state index is 13.0. The minimum Gasteiger partial charge on any atom is -0.394 e. The van der Waals surface area contributed by atoms with Crippen LogP contribution < -0.4 is 5.32 Å². The highest BCUT2D eigenvalue weighted by Gasteiger charge is 2.20. The number of pyridine rings is 1. The number of fused-ring (bicyclic) bond motifs is 1. The summed E-state index contributed by atoms with van der Waals surface area (Å²) in [6.45, 7) is 1.47. The van der Waals surface area contributed by atoms with Gasteiger partial charge in [0.25, 0.3) is 5.91 Å². The summed E-state index contributed by atoms with van der Waals surface area (Å²) >= 11 is 0. The molecule has 0 bridgehead atoms. The molecule has 0 saturated heterocycles. The van der Waals surface area contributed by atoms with E-state index in [-0.39, 0.29) is 18.3 Å². The molecule has 0 spiro atoms. The lowest BCUT2D eigenvalue weighted by atomic mass is 10.1. The Kier molecular flexibility index (Phi) is 4.08. The number of imidazole rings is 1. The zero-order chi connectivity index (χ0) is 16.4. The zero-order valence-corrected chi connectivity index (χ0v) is 12.5. The molecule has 1 amide bonds. The van der Waals surface area contributed by atoms with E-state index >= 15 is 0 Å². The standard InChI is InChI=1S/C17H16FN3O2/c1-11-16(21-9-3-2-4-15(21)19-11)17(23)20-14(10-22)12-5-7-13(18)8-6-12/h2-9,14,22H,10H2,1H3,(H,20,23). The van der Waals surface area contributed by atoms with Crippen LogP contribution in [0.1, 0.15) is 27.8 Å². The van der Waals surface area contributed by atoms with Crippen LogP contribution in [0.25, 0.3) is 5.65 Å². The number of aliphatic hydroxyl groups is 1. The Balaban J connectivity index is 1.90. The molecule has 0 saturated carbocycles. The molecule has 3 aromatic rings. The summed E-state index contributed by atoms with van der Waals surface area (Å²) in [5, 5.41) is 12.3. The van der Waals surface area contributed by atoms with Crippen LogP contribution >= 0.6 is 0 Å². The molecule has 3 rings (SSSR count). The Labute approximate surface area is 132 Å². The fourth-order valence-corrected chi connectivity index (χ4v) is 2.54. The van der Waals surface area contributed by atoms with E-state index in [1.807, 2.05) is 18.2 Å². The van der Waals surface area contributed by atoms with Crippen molar-refractivity contribution in [1.29, 1.82) is 0 Å². The smallest absolute Gasteiger partial charge is 0.270 e. The number of aryl methyl sites for hydroxylation is 1. The molecular weight excluding hydrogens is 297 g/mol. The number of aromatic nitrogens is 2. The van der Waals surface area contributed by atoms with Gasteiger partial charge in [-0.15, -0.1) is 0 Å². The predicted molar refractivity (Wildman–Crippen MR) is 83.6 cm³/mol. The van der Waals surface area contributed by atoms with Gasteiger partial charge in [0.1, 0.15) is 17.2 Å². The molecule has 23 heavy (non-hydrogen) atoms. The Morgan fingerprint density at radius 1 is 1.30 bits per heavy atom. The van der Waals surface area contributed by atoms with Gasteiger partial charge in [0.15, 0.2) is 0 Å². The number of hydrogen-bond donors (Lipinski definition) is 2. The first kappa shape index (κ1) is 15.2. The van der Waals surface area contributed by atoms with Gasteiger partial charge in [-0.2, -0.15) is 0 Å². The number of nitrogens with zero attached hydrogens (tertiary/aromatic N) is 2. The van der Waals surface area contributed by atoms with Gasteiger partial charge in [0.2, 0.25) is 0 Å². The van der Waals surface area contributed by atoms with E-state index in [1.54, 1.807) is 17.5 Å². The normalized spacial score (nSPS) is 12.3. The van der Waals surface area contributed by atoms with Crippen molar-refractivity contribution >= 4 is 11.6 Å². The van der Waals surface area contributed by atoms with E-state index in [2.05, 4.69) is 10.3 Å². The second-order valence-electron chi connectivity index (χ2n) is 5.23. The second-order valence-corrected chi connectivity index (χ2v) is 5.23. The van der Waals surface area contributed by atoms with Gasteiger partial charge < -0.3 is 10.4 Å². The summed E-state index contributed by atoms with van der Waals surface area (Å²) in [6.07, 6.45) is 1.76. The number of carbonyl (C=O) groups excluding carboxylic acids is 1. The molecule has 2 aromatic heterocycles. The number of amides is 1. The van der Waals surface area contributed by atoms with Gasteiger partial charge >= 0.3 is 0 Å². The van der Waals surface area contributed by atoms with Gasteiger partial charge in [-0.25, -0.2) is 9.37 Å². The molecule has 118 valence electrons. The highest BCUT2D eigenvalue weighted by molar-refractivity contribution is 5.94. The molecule has 0 radical (unpaired) electrons. The molecule has 5 nitrogen and oxygen atoms in total. The molecule has 6 heteroatoms. The van der Waals surface area contributed by atoms with Crippen LogP contribution in [0.15, 0.2) is 48.7 Å². The lowest BCUT2D eigenvalue weighted by Crippen LogP contribution is -2.32. The van der Waals surface area contributed by atoms with Crippen LogP contribution in [0, 0.1) is 12.7 Å². The molecule has 2 heterocycles. The first-order chi connectivity index (χ1) is 11.1. The topological polar surface area (TPSA) is 66.6 Å². The average Bonchev–Trinajstić information content (AvgIpc) is 2.89. The van der Waals surface area contributed by atoms with Crippen molar-refractivity contribution < 1.29 is 14.3 Å². The molecule has 1 atom stereocenters. The SMILES string of the molecule is Cc1nc2ccccn2c1C(=O)NC(CO)c1ccc(F)cc1. The zero-order valence-electron chi connectivity index (χ0n) is 12.5. The van der Waals surface area contributed by atoms with Crippen molar-refractivity contribution in [1.82, 2.24) is 14.7 Å². The number of carbonyl (C=O) groups is 1. The van der Waals surface area contributed by atoms with E-state index in [0.29, 0.717) is 22.6 Å². The maximum absolute atomic E-state index is 13.0. The molecular formula is C17H16FN3O2. The first-order valence-corrected chi connectivity index (χ1v) is 7.21. The predicted octanol–water partition coefficient (Wildman–Crippen LogP) is 2.25. The number of halogens is 1. The Morgan fingerprint density at radius 2 is 2.04 bits per heavy atom. The number of nitrogens with one attached hydrogen (secondary N) is 1. The molecule has 0 aliphatic carbocycles. The lowest BCUT2D eigenvalue weighted by Gasteiger charge is -2.17. The Bertz CT molecular complexity index is 843. The van der Waals surface area contributed by atoms with Crippen molar-refractivity contribution in [2.45, 2.75) is 13.0 Å². The second kappa shape index (κ2) is 6.18. The van der Waals surface area contributed by atoms with Crippen LogP contribution in [0.4, 0.5) is 4.39 Å². The van der Waals surface area contributed by atoms with E-state index in [1.165, 1.54) is 24.3 Å². The molecule has 0 aliphatic rings. The molecule has 1 unspecified atom stereocenters. The van der Waals surface area contributed by atoms with Gasteiger partial charge in [-0.05, 0) is 36.8 Å².